The molecule has 1 aromatic carbocycles. The molecule has 0 spiro atoms. The lowest BCUT2D eigenvalue weighted by molar-refractivity contribution is -0.0446. The summed E-state index contributed by atoms with van der Waals surface area (Å²) in [5.74, 6) is 0.00329. The molecule has 5 nitrogen and oxygen atoms in total. The number of ether oxygens (including phenoxy) is 1. The van der Waals surface area contributed by atoms with E-state index < -0.39 is 0 Å². The molecule has 5 heteroatoms. The Bertz CT molecular complexity index is 635. The average molecular weight is 274 g/mol. The van der Waals surface area contributed by atoms with Gasteiger partial charge in [0, 0.05) is 37.2 Å². The smallest absolute Gasteiger partial charge is 0.256 e. The van der Waals surface area contributed by atoms with Gasteiger partial charge in [-0.3, -0.25) is 4.79 Å². The molecule has 3 rings (SSSR count). The van der Waals surface area contributed by atoms with Gasteiger partial charge in [0.1, 0.15) is 0 Å². The summed E-state index contributed by atoms with van der Waals surface area (Å²) in [5.41, 5.74) is 1.75. The average Bonchev–Trinajstić information content (AvgIpc) is 2.84. The maximum Gasteiger partial charge on any atom is 0.256 e. The highest BCUT2D eigenvalue weighted by Gasteiger charge is 2.26. The molecule has 0 radical (unpaired) electrons. The fraction of sp³-hybridized carbons (Fsp3) is 0.400. The van der Waals surface area contributed by atoms with Crippen molar-refractivity contribution in [1.29, 1.82) is 0 Å². The van der Waals surface area contributed by atoms with Crippen molar-refractivity contribution in [2.45, 2.75) is 6.10 Å². The molecule has 1 saturated heterocycles. The van der Waals surface area contributed by atoms with Crippen molar-refractivity contribution in [1.82, 2.24) is 9.47 Å². The standard InChI is InChI=1S/C15H18N2O3/c1-16-9-13(12-4-2-3-5-14(12)16)15(19)17-6-7-20-11(8-17)10-18/h2-5,9,11,18H,6-8,10H2,1H3/t11-/m0/s1. The largest absolute Gasteiger partial charge is 0.394 e. The number of rotatable bonds is 2. The van der Waals surface area contributed by atoms with Gasteiger partial charge < -0.3 is 19.3 Å². The minimum absolute atomic E-state index is 0.00329. The molecule has 0 unspecified atom stereocenters. The van der Waals surface area contributed by atoms with Gasteiger partial charge in [0.2, 0.25) is 0 Å². The number of nitrogens with zero attached hydrogens (tertiary/aromatic N) is 2. The summed E-state index contributed by atoms with van der Waals surface area (Å²) < 4.78 is 7.35. The molecular formula is C15H18N2O3. The SMILES string of the molecule is Cn1cc(C(=O)N2CCO[C@H](CO)C2)c2ccccc21. The number of aliphatic hydroxyl groups is 1. The number of carbonyl (C=O) groups excluding carboxylic acids is 1. The molecule has 1 aliphatic rings. The Morgan fingerprint density at radius 2 is 2.25 bits per heavy atom. The highest BCUT2D eigenvalue weighted by atomic mass is 16.5. The van der Waals surface area contributed by atoms with Gasteiger partial charge in [-0.05, 0) is 6.07 Å². The van der Waals surface area contributed by atoms with Crippen molar-refractivity contribution in [2.24, 2.45) is 7.05 Å². The van der Waals surface area contributed by atoms with E-state index in [1.807, 2.05) is 42.1 Å². The molecule has 1 atom stereocenters. The van der Waals surface area contributed by atoms with Crippen LogP contribution >= 0.6 is 0 Å². The number of aryl methyl sites for hydroxylation is 1. The van der Waals surface area contributed by atoms with Gasteiger partial charge in [-0.1, -0.05) is 18.2 Å². The van der Waals surface area contributed by atoms with Gasteiger partial charge in [-0.25, -0.2) is 0 Å². The van der Waals surface area contributed by atoms with Gasteiger partial charge in [-0.15, -0.1) is 0 Å². The van der Waals surface area contributed by atoms with E-state index in [2.05, 4.69) is 0 Å². The molecule has 0 saturated carbocycles. The summed E-state index contributed by atoms with van der Waals surface area (Å²) in [7, 11) is 1.94. The van der Waals surface area contributed by atoms with E-state index in [1.165, 1.54) is 0 Å². The van der Waals surface area contributed by atoms with Gasteiger partial charge in [0.25, 0.3) is 5.91 Å². The molecule has 1 aliphatic heterocycles. The third kappa shape index (κ3) is 2.19. The molecule has 2 aromatic rings. The molecule has 1 amide bonds. The Balaban J connectivity index is 1.92. The number of aromatic nitrogens is 1. The Labute approximate surface area is 117 Å². The van der Waals surface area contributed by atoms with Crippen molar-refractivity contribution >= 4 is 16.8 Å². The quantitative estimate of drug-likeness (QED) is 0.889. The predicted octanol–water partition coefficient (Wildman–Crippen LogP) is 1.01. The van der Waals surface area contributed by atoms with Crippen LogP contribution in [0, 0.1) is 0 Å². The normalized spacial score (nSPS) is 19.5. The first-order chi connectivity index (χ1) is 9.70. The van der Waals surface area contributed by atoms with Crippen LogP contribution in [0.15, 0.2) is 30.5 Å². The Hall–Kier alpha value is -1.85. The van der Waals surface area contributed by atoms with E-state index in [9.17, 15) is 4.79 Å². The first-order valence-electron chi connectivity index (χ1n) is 6.76. The first-order valence-corrected chi connectivity index (χ1v) is 6.76. The van der Waals surface area contributed by atoms with Crippen LogP contribution < -0.4 is 0 Å². The molecule has 106 valence electrons. The number of aliphatic hydroxyl groups excluding tert-OH is 1. The molecule has 1 fully saturated rings. The van der Waals surface area contributed by atoms with Gasteiger partial charge in [-0.2, -0.15) is 0 Å². The molecule has 1 N–H and O–H groups in total. The van der Waals surface area contributed by atoms with Crippen LogP contribution in [-0.2, 0) is 11.8 Å². The second-order valence-electron chi connectivity index (χ2n) is 5.10. The predicted molar refractivity (Wildman–Crippen MR) is 75.6 cm³/mol. The van der Waals surface area contributed by atoms with Gasteiger partial charge in [0.15, 0.2) is 0 Å². The number of benzene rings is 1. The van der Waals surface area contributed by atoms with Crippen LogP contribution in [0.1, 0.15) is 10.4 Å². The summed E-state index contributed by atoms with van der Waals surface area (Å²) in [5, 5.41) is 10.1. The minimum Gasteiger partial charge on any atom is -0.394 e. The fourth-order valence-corrected chi connectivity index (χ4v) is 2.70. The number of para-hydroxylation sites is 1. The maximum atomic E-state index is 12.7. The third-order valence-corrected chi connectivity index (χ3v) is 3.76. The summed E-state index contributed by atoms with van der Waals surface area (Å²) in [6.07, 6.45) is 1.60. The van der Waals surface area contributed by atoms with Crippen LogP contribution in [0.2, 0.25) is 0 Å². The third-order valence-electron chi connectivity index (χ3n) is 3.76. The number of amides is 1. The zero-order valence-corrected chi connectivity index (χ0v) is 11.5. The van der Waals surface area contributed by atoms with E-state index in [1.54, 1.807) is 4.90 Å². The second-order valence-corrected chi connectivity index (χ2v) is 5.10. The number of hydrogen-bond acceptors (Lipinski definition) is 3. The van der Waals surface area contributed by atoms with Crippen molar-refractivity contribution in [2.75, 3.05) is 26.3 Å². The van der Waals surface area contributed by atoms with Crippen LogP contribution in [0.5, 0.6) is 0 Å². The molecular weight excluding hydrogens is 256 g/mol. The van der Waals surface area contributed by atoms with E-state index in [0.29, 0.717) is 25.3 Å². The second kappa shape index (κ2) is 5.26. The monoisotopic (exact) mass is 274 g/mol. The lowest BCUT2D eigenvalue weighted by Gasteiger charge is -2.32. The summed E-state index contributed by atoms with van der Waals surface area (Å²) >= 11 is 0. The Morgan fingerprint density at radius 3 is 3.05 bits per heavy atom. The van der Waals surface area contributed by atoms with Crippen molar-refractivity contribution in [3.05, 3.63) is 36.0 Å². The number of carbonyl (C=O) groups is 1. The summed E-state index contributed by atoms with van der Waals surface area (Å²) in [4.78, 5) is 14.4. The minimum atomic E-state index is -0.275. The van der Waals surface area contributed by atoms with Crippen LogP contribution in [0.25, 0.3) is 10.9 Å². The zero-order chi connectivity index (χ0) is 14.1. The van der Waals surface area contributed by atoms with Crippen molar-refractivity contribution in [3.63, 3.8) is 0 Å². The van der Waals surface area contributed by atoms with Crippen LogP contribution in [-0.4, -0.2) is 52.9 Å². The van der Waals surface area contributed by atoms with Gasteiger partial charge in [0.05, 0.1) is 24.9 Å². The van der Waals surface area contributed by atoms with Gasteiger partial charge >= 0.3 is 0 Å². The van der Waals surface area contributed by atoms with Crippen molar-refractivity contribution < 1.29 is 14.6 Å². The highest BCUT2D eigenvalue weighted by Crippen LogP contribution is 2.22. The number of morpholine rings is 1. The van der Waals surface area contributed by atoms with Crippen LogP contribution in [0.3, 0.4) is 0 Å². The van der Waals surface area contributed by atoms with Crippen LogP contribution in [0.4, 0.5) is 0 Å². The lowest BCUT2D eigenvalue weighted by Crippen LogP contribution is -2.46. The molecule has 20 heavy (non-hydrogen) atoms. The Morgan fingerprint density at radius 1 is 1.45 bits per heavy atom. The van der Waals surface area contributed by atoms with Crippen molar-refractivity contribution in [3.8, 4) is 0 Å². The van der Waals surface area contributed by atoms with E-state index in [-0.39, 0.29) is 18.6 Å². The first kappa shape index (κ1) is 13.1. The zero-order valence-electron chi connectivity index (χ0n) is 11.5. The van der Waals surface area contributed by atoms with E-state index in [4.69, 9.17) is 9.84 Å². The highest BCUT2D eigenvalue weighted by molar-refractivity contribution is 6.07. The maximum absolute atomic E-state index is 12.7. The fourth-order valence-electron chi connectivity index (χ4n) is 2.70. The lowest BCUT2D eigenvalue weighted by atomic mass is 10.1. The molecule has 2 heterocycles. The number of hydrogen-bond donors (Lipinski definition) is 1. The molecule has 0 bridgehead atoms. The topological polar surface area (TPSA) is 54.7 Å². The summed E-state index contributed by atoms with van der Waals surface area (Å²) in [6.45, 7) is 1.43. The molecule has 1 aromatic heterocycles. The molecule has 0 aliphatic carbocycles. The van der Waals surface area contributed by atoms with E-state index in [0.717, 1.165) is 10.9 Å². The number of fused-ring (bicyclic) bond motifs is 1. The Kier molecular flexibility index (Phi) is 3.46. The van der Waals surface area contributed by atoms with E-state index >= 15 is 0 Å². The summed E-state index contributed by atoms with van der Waals surface area (Å²) in [6, 6.07) is 7.87.